The van der Waals surface area contributed by atoms with Crippen molar-refractivity contribution in [3.05, 3.63) is 58.6 Å². The van der Waals surface area contributed by atoms with Crippen LogP contribution in [0.5, 0.6) is 0 Å². The molecule has 0 aliphatic carbocycles. The van der Waals surface area contributed by atoms with Gasteiger partial charge in [-0.1, -0.05) is 49.2 Å². The molecule has 2 aromatic rings. The van der Waals surface area contributed by atoms with E-state index in [0.29, 0.717) is 10.1 Å². The van der Waals surface area contributed by atoms with Crippen molar-refractivity contribution >= 4 is 40.3 Å². The maximum atomic E-state index is 6.04. The number of benzene rings is 2. The molecular formula is C18H21ClN2S. The average Bonchev–Trinajstić information content (AvgIpc) is 2.50. The van der Waals surface area contributed by atoms with Gasteiger partial charge in [0.15, 0.2) is 5.11 Å². The van der Waals surface area contributed by atoms with Crippen LogP contribution in [0.3, 0.4) is 0 Å². The first-order valence-electron chi connectivity index (χ1n) is 7.52. The van der Waals surface area contributed by atoms with Gasteiger partial charge in [-0.3, -0.25) is 0 Å². The van der Waals surface area contributed by atoms with E-state index in [1.54, 1.807) is 0 Å². The number of rotatable bonds is 5. The van der Waals surface area contributed by atoms with Crippen molar-refractivity contribution in [1.82, 2.24) is 0 Å². The molecule has 0 saturated heterocycles. The van der Waals surface area contributed by atoms with Gasteiger partial charge in [-0.15, -0.1) is 0 Å². The number of thiocarbonyl (C=S) groups is 1. The lowest BCUT2D eigenvalue weighted by atomic mass is 10.1. The Morgan fingerprint density at radius 3 is 2.59 bits per heavy atom. The van der Waals surface area contributed by atoms with E-state index in [1.165, 1.54) is 18.4 Å². The topological polar surface area (TPSA) is 24.1 Å². The van der Waals surface area contributed by atoms with Crippen molar-refractivity contribution in [3.63, 3.8) is 0 Å². The molecule has 0 unspecified atom stereocenters. The average molecular weight is 333 g/mol. The molecule has 0 aliphatic rings. The highest BCUT2D eigenvalue weighted by Crippen LogP contribution is 2.22. The van der Waals surface area contributed by atoms with E-state index in [0.717, 1.165) is 23.4 Å². The van der Waals surface area contributed by atoms with Crippen LogP contribution < -0.4 is 10.6 Å². The van der Waals surface area contributed by atoms with Crippen molar-refractivity contribution in [2.24, 2.45) is 0 Å². The summed E-state index contributed by atoms with van der Waals surface area (Å²) < 4.78 is 0. The number of unbranched alkanes of at least 4 members (excludes halogenated alkanes) is 1. The summed E-state index contributed by atoms with van der Waals surface area (Å²) in [5.41, 5.74) is 4.38. The highest BCUT2D eigenvalue weighted by molar-refractivity contribution is 7.80. The van der Waals surface area contributed by atoms with Crippen molar-refractivity contribution in [3.8, 4) is 0 Å². The van der Waals surface area contributed by atoms with E-state index in [2.05, 4.69) is 35.8 Å². The Bertz CT molecular complexity index is 655. The van der Waals surface area contributed by atoms with Gasteiger partial charge in [-0.2, -0.15) is 0 Å². The number of hydrogen-bond acceptors (Lipinski definition) is 1. The fraction of sp³-hybridized carbons (Fsp3) is 0.278. The fourth-order valence-corrected chi connectivity index (χ4v) is 2.62. The Morgan fingerprint density at radius 1 is 1.09 bits per heavy atom. The van der Waals surface area contributed by atoms with Crippen molar-refractivity contribution in [1.29, 1.82) is 0 Å². The smallest absolute Gasteiger partial charge is 0.175 e. The molecule has 4 heteroatoms. The number of nitrogens with one attached hydrogen (secondary N) is 2. The summed E-state index contributed by atoms with van der Waals surface area (Å²) in [6.07, 6.45) is 3.41. The van der Waals surface area contributed by atoms with Crippen molar-refractivity contribution < 1.29 is 0 Å². The minimum absolute atomic E-state index is 0.578. The lowest BCUT2D eigenvalue weighted by Crippen LogP contribution is -2.20. The molecule has 22 heavy (non-hydrogen) atoms. The summed E-state index contributed by atoms with van der Waals surface area (Å²) in [6.45, 7) is 4.22. The van der Waals surface area contributed by atoms with Gasteiger partial charge in [0.1, 0.15) is 0 Å². The van der Waals surface area contributed by atoms with Gasteiger partial charge in [0.05, 0.1) is 0 Å². The molecule has 2 N–H and O–H groups in total. The zero-order valence-electron chi connectivity index (χ0n) is 12.9. The number of aryl methyl sites for hydroxylation is 2. The Morgan fingerprint density at radius 2 is 1.82 bits per heavy atom. The van der Waals surface area contributed by atoms with Crippen LogP contribution in [0, 0.1) is 6.92 Å². The molecule has 116 valence electrons. The monoisotopic (exact) mass is 332 g/mol. The van der Waals surface area contributed by atoms with Gasteiger partial charge >= 0.3 is 0 Å². The minimum atomic E-state index is 0.578. The standard InChI is InChI=1S/C18H21ClN2S/c1-3-4-7-14-8-5-6-9-16(14)20-18(22)21-17-12-15(19)11-10-13(17)2/h5-6,8-12H,3-4,7H2,1-2H3,(H2,20,21,22). The Labute approximate surface area is 142 Å². The SMILES string of the molecule is CCCCc1ccccc1NC(=S)Nc1cc(Cl)ccc1C. The number of para-hydroxylation sites is 1. The minimum Gasteiger partial charge on any atom is -0.332 e. The van der Waals surface area contributed by atoms with Crippen LogP contribution in [0.2, 0.25) is 5.02 Å². The van der Waals surface area contributed by atoms with Crippen molar-refractivity contribution in [2.45, 2.75) is 33.1 Å². The summed E-state index contributed by atoms with van der Waals surface area (Å²) in [5, 5.41) is 7.78. The molecule has 0 radical (unpaired) electrons. The second-order valence-corrected chi connectivity index (χ2v) is 6.14. The van der Waals surface area contributed by atoms with Crippen LogP contribution in [0.15, 0.2) is 42.5 Å². The lowest BCUT2D eigenvalue weighted by molar-refractivity contribution is 0.796. The van der Waals surface area contributed by atoms with Crippen LogP contribution in [-0.4, -0.2) is 5.11 Å². The Hall–Kier alpha value is -1.58. The van der Waals surface area contributed by atoms with Crippen LogP contribution >= 0.6 is 23.8 Å². The predicted octanol–water partition coefficient (Wildman–Crippen LogP) is 5.80. The second-order valence-electron chi connectivity index (χ2n) is 5.30. The molecule has 0 fully saturated rings. The van der Waals surface area contributed by atoms with Crippen LogP contribution in [-0.2, 0) is 6.42 Å². The molecule has 0 heterocycles. The van der Waals surface area contributed by atoms with Gasteiger partial charge in [0.2, 0.25) is 0 Å². The molecule has 0 aromatic heterocycles. The van der Waals surface area contributed by atoms with Gasteiger partial charge in [0, 0.05) is 16.4 Å². The van der Waals surface area contributed by atoms with E-state index in [9.17, 15) is 0 Å². The van der Waals surface area contributed by atoms with Gasteiger partial charge < -0.3 is 10.6 Å². The molecule has 0 bridgehead atoms. The fourth-order valence-electron chi connectivity index (χ4n) is 2.23. The third kappa shape index (κ3) is 4.72. The molecular weight excluding hydrogens is 312 g/mol. The molecule has 0 atom stereocenters. The highest BCUT2D eigenvalue weighted by atomic mass is 35.5. The number of hydrogen-bond donors (Lipinski definition) is 2. The predicted molar refractivity (Wildman–Crippen MR) is 101 cm³/mol. The quantitative estimate of drug-likeness (QED) is 0.676. The van der Waals surface area contributed by atoms with Crippen molar-refractivity contribution in [2.75, 3.05) is 10.6 Å². The van der Waals surface area contributed by atoms with Gasteiger partial charge in [-0.25, -0.2) is 0 Å². The summed E-state index contributed by atoms with van der Waals surface area (Å²) in [7, 11) is 0. The number of halogens is 1. The largest absolute Gasteiger partial charge is 0.332 e. The molecule has 0 spiro atoms. The third-order valence-corrected chi connectivity index (χ3v) is 3.95. The first kappa shape index (κ1) is 16.8. The summed E-state index contributed by atoms with van der Waals surface area (Å²) in [4.78, 5) is 0. The first-order chi connectivity index (χ1) is 10.6. The van der Waals surface area contributed by atoms with E-state index >= 15 is 0 Å². The third-order valence-electron chi connectivity index (χ3n) is 3.51. The second kappa shape index (κ2) is 8.16. The maximum absolute atomic E-state index is 6.04. The molecule has 2 rings (SSSR count). The molecule has 0 aliphatic heterocycles. The van der Waals surface area contributed by atoms with Crippen LogP contribution in [0.25, 0.3) is 0 Å². The normalized spacial score (nSPS) is 10.3. The van der Waals surface area contributed by atoms with E-state index < -0.39 is 0 Å². The van der Waals surface area contributed by atoms with Gasteiger partial charge in [-0.05, 0) is 61.3 Å². The molecule has 2 nitrogen and oxygen atoms in total. The molecule has 2 aromatic carbocycles. The van der Waals surface area contributed by atoms with E-state index in [-0.39, 0.29) is 0 Å². The highest BCUT2D eigenvalue weighted by Gasteiger charge is 2.06. The maximum Gasteiger partial charge on any atom is 0.175 e. The summed E-state index contributed by atoms with van der Waals surface area (Å²) in [5.74, 6) is 0. The van der Waals surface area contributed by atoms with E-state index in [1.807, 2.05) is 31.2 Å². The molecule has 0 saturated carbocycles. The Balaban J connectivity index is 2.07. The zero-order valence-corrected chi connectivity index (χ0v) is 14.5. The van der Waals surface area contributed by atoms with E-state index in [4.69, 9.17) is 23.8 Å². The summed E-state index contributed by atoms with van der Waals surface area (Å²) >= 11 is 11.5. The molecule has 0 amide bonds. The van der Waals surface area contributed by atoms with Crippen LogP contribution in [0.4, 0.5) is 11.4 Å². The summed E-state index contributed by atoms with van der Waals surface area (Å²) in [6, 6.07) is 14.0. The first-order valence-corrected chi connectivity index (χ1v) is 8.31. The Kier molecular flexibility index (Phi) is 6.22. The zero-order chi connectivity index (χ0) is 15.9. The van der Waals surface area contributed by atoms with Gasteiger partial charge in [0.25, 0.3) is 0 Å². The number of anilines is 2. The van der Waals surface area contributed by atoms with Crippen LogP contribution in [0.1, 0.15) is 30.9 Å². The lowest BCUT2D eigenvalue weighted by Gasteiger charge is -2.15.